The summed E-state index contributed by atoms with van der Waals surface area (Å²) in [7, 11) is 0. The maximum atomic E-state index is 12.6. The molecule has 0 saturated carbocycles. The van der Waals surface area contributed by atoms with Crippen molar-refractivity contribution in [1.29, 1.82) is 0 Å². The number of alkyl halides is 4. The van der Waals surface area contributed by atoms with E-state index in [0.717, 1.165) is 0 Å². The van der Waals surface area contributed by atoms with Crippen LogP contribution in [0.15, 0.2) is 4.52 Å². The molecule has 0 aromatic carbocycles. The largest absolute Gasteiger partial charge is 0.392 e. The Labute approximate surface area is 111 Å². The van der Waals surface area contributed by atoms with Gasteiger partial charge in [0.05, 0.1) is 12.1 Å². The number of halogens is 4. The summed E-state index contributed by atoms with van der Waals surface area (Å²) in [5.74, 6) is -4.03. The van der Waals surface area contributed by atoms with Gasteiger partial charge in [0.15, 0.2) is 5.82 Å². The lowest BCUT2D eigenvalue weighted by Gasteiger charge is -2.14. The van der Waals surface area contributed by atoms with Gasteiger partial charge in [0.2, 0.25) is 5.89 Å². The Balaban J connectivity index is 1.81. The lowest BCUT2D eigenvalue weighted by atomic mass is 10.2. The average molecular weight is 299 g/mol. The molecule has 2 heterocycles. The zero-order valence-corrected chi connectivity index (χ0v) is 10.2. The van der Waals surface area contributed by atoms with Crippen LogP contribution in [0.3, 0.4) is 0 Å². The molecule has 1 aromatic heterocycles. The van der Waals surface area contributed by atoms with E-state index in [4.69, 9.17) is 4.52 Å². The fourth-order valence-electron chi connectivity index (χ4n) is 1.71. The molecule has 0 aliphatic carbocycles. The summed E-state index contributed by atoms with van der Waals surface area (Å²) in [6, 6.07) is -0.311. The van der Waals surface area contributed by atoms with Gasteiger partial charge in [-0.1, -0.05) is 5.16 Å². The molecule has 0 radical (unpaired) electrons. The normalized spacial score (nSPS) is 23.7. The van der Waals surface area contributed by atoms with Crippen molar-refractivity contribution in [2.24, 2.45) is 0 Å². The van der Waals surface area contributed by atoms with Gasteiger partial charge in [-0.15, -0.1) is 0 Å². The van der Waals surface area contributed by atoms with E-state index in [1.54, 1.807) is 0 Å². The van der Waals surface area contributed by atoms with E-state index < -0.39 is 31.7 Å². The summed E-state index contributed by atoms with van der Waals surface area (Å²) in [6.45, 7) is -1.49. The fourth-order valence-corrected chi connectivity index (χ4v) is 1.71. The predicted molar refractivity (Wildman–Crippen MR) is 56.3 cm³/mol. The number of aliphatic hydroxyl groups is 1. The molecule has 10 heteroatoms. The summed E-state index contributed by atoms with van der Waals surface area (Å²) in [5, 5.41) is 15.7. The minimum absolute atomic E-state index is 0.0201. The van der Waals surface area contributed by atoms with Gasteiger partial charge in [-0.25, -0.2) is 8.78 Å². The maximum Gasteiger partial charge on any atom is 0.330 e. The van der Waals surface area contributed by atoms with Crippen molar-refractivity contribution in [3.63, 3.8) is 0 Å². The minimum atomic E-state index is -4.20. The van der Waals surface area contributed by atoms with Crippen LogP contribution in [0.1, 0.15) is 24.2 Å². The Kier molecular flexibility index (Phi) is 4.55. The first kappa shape index (κ1) is 15.1. The molecule has 6 nitrogen and oxygen atoms in total. The average Bonchev–Trinajstić information content (AvgIpc) is 2.97. The van der Waals surface area contributed by atoms with Crippen LogP contribution in [0.5, 0.6) is 0 Å². The molecule has 0 spiro atoms. The molecule has 2 N–H and O–H groups in total. The maximum absolute atomic E-state index is 12.6. The third-order valence-corrected chi connectivity index (χ3v) is 2.73. The van der Waals surface area contributed by atoms with Crippen LogP contribution in [0, 0.1) is 0 Å². The van der Waals surface area contributed by atoms with Crippen molar-refractivity contribution in [2.75, 3.05) is 13.2 Å². The molecule has 0 bridgehead atoms. The van der Waals surface area contributed by atoms with E-state index in [0.29, 0.717) is 13.0 Å². The number of hydrogen-bond acceptors (Lipinski definition) is 6. The number of aromatic nitrogens is 2. The molecule has 1 aliphatic heterocycles. The van der Waals surface area contributed by atoms with Crippen molar-refractivity contribution in [2.45, 2.75) is 37.5 Å². The highest BCUT2D eigenvalue weighted by molar-refractivity contribution is 4.96. The van der Waals surface area contributed by atoms with Gasteiger partial charge in [-0.05, 0) is 6.42 Å². The molecule has 1 saturated heterocycles. The first-order valence-corrected chi connectivity index (χ1v) is 5.86. The van der Waals surface area contributed by atoms with Gasteiger partial charge >= 0.3 is 12.3 Å². The molecular formula is C10H13F4N3O3. The highest BCUT2D eigenvalue weighted by atomic mass is 19.3. The summed E-state index contributed by atoms with van der Waals surface area (Å²) in [5.41, 5.74) is 0. The van der Waals surface area contributed by atoms with E-state index >= 15 is 0 Å². The summed E-state index contributed by atoms with van der Waals surface area (Å²) >= 11 is 0. The number of hydrogen-bond donors (Lipinski definition) is 2. The Hall–Kier alpha value is -1.26. The van der Waals surface area contributed by atoms with Crippen molar-refractivity contribution in [3.8, 4) is 0 Å². The van der Waals surface area contributed by atoms with Gasteiger partial charge in [0, 0.05) is 6.54 Å². The van der Waals surface area contributed by atoms with E-state index in [1.807, 2.05) is 0 Å². The van der Waals surface area contributed by atoms with E-state index in [1.165, 1.54) is 0 Å². The van der Waals surface area contributed by atoms with Crippen LogP contribution >= 0.6 is 0 Å². The molecule has 2 atom stereocenters. The minimum Gasteiger partial charge on any atom is -0.392 e. The zero-order valence-electron chi connectivity index (χ0n) is 10.2. The molecule has 0 amide bonds. The highest BCUT2D eigenvalue weighted by Crippen LogP contribution is 2.24. The van der Waals surface area contributed by atoms with Crippen molar-refractivity contribution in [3.05, 3.63) is 11.7 Å². The number of β-amino-alcohol motifs (C(OH)–C–C–N with tert-alkyl or cyclic N) is 1. The molecule has 114 valence electrons. The lowest BCUT2D eigenvalue weighted by Crippen LogP contribution is -2.32. The fraction of sp³-hybridized carbons (Fsp3) is 0.800. The van der Waals surface area contributed by atoms with Crippen LogP contribution in [0.25, 0.3) is 0 Å². The Morgan fingerprint density at radius 2 is 2.25 bits per heavy atom. The van der Waals surface area contributed by atoms with E-state index in [9.17, 15) is 22.7 Å². The second kappa shape index (κ2) is 6.02. The third-order valence-electron chi connectivity index (χ3n) is 2.73. The van der Waals surface area contributed by atoms with Crippen LogP contribution in [-0.2, 0) is 11.3 Å². The predicted octanol–water partition coefficient (Wildman–Crippen LogP) is 0.882. The van der Waals surface area contributed by atoms with Crippen molar-refractivity contribution >= 4 is 0 Å². The van der Waals surface area contributed by atoms with Crippen LogP contribution in [-0.4, -0.2) is 46.9 Å². The second-order valence-corrected chi connectivity index (χ2v) is 4.45. The van der Waals surface area contributed by atoms with Gasteiger partial charge in [-0.3, -0.25) is 0 Å². The monoisotopic (exact) mass is 299 g/mol. The van der Waals surface area contributed by atoms with E-state index in [2.05, 4.69) is 20.2 Å². The Morgan fingerprint density at radius 1 is 1.50 bits per heavy atom. The Morgan fingerprint density at radius 3 is 2.85 bits per heavy atom. The standard InChI is InChI=1S/C10H13F4N3O3/c11-9(12)10(13,14)4-19-3-7-16-8(20-17-7)6-1-5(18)2-15-6/h5-6,9,15,18H,1-4H2/t5-,6-/m1/s1. The number of nitrogens with zero attached hydrogens (tertiary/aromatic N) is 2. The van der Waals surface area contributed by atoms with Gasteiger partial charge < -0.3 is 19.7 Å². The second-order valence-electron chi connectivity index (χ2n) is 4.45. The smallest absolute Gasteiger partial charge is 0.330 e. The lowest BCUT2D eigenvalue weighted by molar-refractivity contribution is -0.168. The number of aliphatic hydroxyl groups excluding tert-OH is 1. The summed E-state index contributed by atoms with van der Waals surface area (Å²) in [4.78, 5) is 3.88. The van der Waals surface area contributed by atoms with Crippen LogP contribution < -0.4 is 5.32 Å². The highest BCUT2D eigenvalue weighted by Gasteiger charge is 2.41. The third kappa shape index (κ3) is 3.64. The number of rotatable bonds is 6. The quantitative estimate of drug-likeness (QED) is 0.759. The van der Waals surface area contributed by atoms with Gasteiger partial charge in [-0.2, -0.15) is 13.8 Å². The molecule has 1 fully saturated rings. The van der Waals surface area contributed by atoms with E-state index in [-0.39, 0.29) is 17.8 Å². The number of nitrogens with one attached hydrogen (secondary N) is 1. The summed E-state index contributed by atoms with van der Waals surface area (Å²) < 4.78 is 58.2. The molecule has 2 rings (SSSR count). The molecule has 1 aliphatic rings. The first-order valence-electron chi connectivity index (χ1n) is 5.86. The molecule has 20 heavy (non-hydrogen) atoms. The SMILES string of the molecule is O[C@H]1CN[C@@H](c2nc(COCC(F)(F)C(F)F)no2)C1. The molecule has 0 unspecified atom stereocenters. The van der Waals surface area contributed by atoms with Crippen molar-refractivity contribution in [1.82, 2.24) is 15.5 Å². The Bertz CT molecular complexity index is 443. The molecular weight excluding hydrogens is 286 g/mol. The topological polar surface area (TPSA) is 80.4 Å². The molecule has 1 aromatic rings. The van der Waals surface area contributed by atoms with Crippen LogP contribution in [0.2, 0.25) is 0 Å². The van der Waals surface area contributed by atoms with Crippen LogP contribution in [0.4, 0.5) is 17.6 Å². The summed E-state index contributed by atoms with van der Waals surface area (Å²) in [6.07, 6.45) is -3.91. The van der Waals surface area contributed by atoms with Gasteiger partial charge in [0.25, 0.3) is 0 Å². The zero-order chi connectivity index (χ0) is 14.8. The number of ether oxygens (including phenoxy) is 1. The van der Waals surface area contributed by atoms with Gasteiger partial charge in [0.1, 0.15) is 13.2 Å². The first-order chi connectivity index (χ1) is 9.38. The van der Waals surface area contributed by atoms with Crippen molar-refractivity contribution < 1.29 is 31.9 Å².